The summed E-state index contributed by atoms with van der Waals surface area (Å²) in [5, 5.41) is 20.6. The number of aliphatic hydroxyl groups excluding tert-OH is 1. The lowest BCUT2D eigenvalue weighted by Crippen LogP contribution is -2.29. The number of aryl methyl sites for hydroxylation is 2. The predicted octanol–water partition coefficient (Wildman–Crippen LogP) is 7.84. The van der Waals surface area contributed by atoms with Gasteiger partial charge in [-0.25, -0.2) is 9.37 Å². The number of nitrogens with zero attached hydrogens (tertiary/aromatic N) is 5. The average molecular weight is 722 g/mol. The smallest absolute Gasteiger partial charge is 0.301 e. The Bertz CT molecular complexity index is 2300. The Balaban J connectivity index is 1.32. The third kappa shape index (κ3) is 6.57. The normalized spacial score (nSPS) is 15.5. The van der Waals surface area contributed by atoms with Crippen LogP contribution < -0.4 is 14.4 Å². The molecular formula is C38H32FN5O5S2. The van der Waals surface area contributed by atoms with Crippen molar-refractivity contribution < 1.29 is 28.6 Å². The number of carbonyl (C=O) groups excluding carboxylic acids is 2. The SMILES string of the molecule is CCOc1cc(C2C(=C(O)c3nc4c(C)cccn4c3C)C(=O)C(=O)N2c2nnc(SCc3ccccc3F)s2)ccc1OCc1ccccc1. The van der Waals surface area contributed by atoms with Crippen molar-refractivity contribution in [2.75, 3.05) is 11.5 Å². The molecule has 4 heterocycles. The second kappa shape index (κ2) is 14.4. The maximum atomic E-state index is 14.3. The molecule has 13 heteroatoms. The molecule has 0 radical (unpaired) electrons. The Morgan fingerprint density at radius 1 is 0.961 bits per heavy atom. The number of hydrogen-bond donors (Lipinski definition) is 1. The Morgan fingerprint density at radius 2 is 1.75 bits per heavy atom. The van der Waals surface area contributed by atoms with Crippen LogP contribution in [0.5, 0.6) is 11.5 Å². The van der Waals surface area contributed by atoms with Crippen molar-refractivity contribution in [2.45, 2.75) is 43.5 Å². The number of amides is 1. The van der Waals surface area contributed by atoms with Gasteiger partial charge in [0.05, 0.1) is 23.9 Å². The second-order valence-corrected chi connectivity index (χ2v) is 13.9. The fourth-order valence-electron chi connectivity index (χ4n) is 5.95. The summed E-state index contributed by atoms with van der Waals surface area (Å²) in [7, 11) is 0. The average Bonchev–Trinajstić information content (AvgIpc) is 3.82. The van der Waals surface area contributed by atoms with Crippen molar-refractivity contribution in [2.24, 2.45) is 0 Å². The van der Waals surface area contributed by atoms with E-state index in [1.807, 2.05) is 66.9 Å². The molecule has 0 spiro atoms. The molecule has 1 atom stereocenters. The number of Topliss-reactive ketones (excluding diaryl/α,β-unsaturated/α-hetero) is 1. The molecule has 0 aliphatic carbocycles. The van der Waals surface area contributed by atoms with Crippen LogP contribution in [0.4, 0.5) is 9.52 Å². The third-order valence-electron chi connectivity index (χ3n) is 8.48. The van der Waals surface area contributed by atoms with Crippen LogP contribution in [0, 0.1) is 19.7 Å². The minimum absolute atomic E-state index is 0.141. The molecule has 10 nitrogen and oxygen atoms in total. The molecule has 1 saturated heterocycles. The number of pyridine rings is 1. The summed E-state index contributed by atoms with van der Waals surface area (Å²) in [4.78, 5) is 33.9. The van der Waals surface area contributed by atoms with E-state index in [2.05, 4.69) is 15.2 Å². The van der Waals surface area contributed by atoms with Gasteiger partial charge in [0.1, 0.15) is 23.8 Å². The zero-order valence-electron chi connectivity index (χ0n) is 27.9. The minimum atomic E-state index is -1.12. The van der Waals surface area contributed by atoms with Crippen LogP contribution in [0.15, 0.2) is 101 Å². The molecule has 3 aromatic heterocycles. The van der Waals surface area contributed by atoms with E-state index in [4.69, 9.17) is 9.47 Å². The number of anilines is 1. The highest BCUT2D eigenvalue weighted by Gasteiger charge is 2.49. The van der Waals surface area contributed by atoms with Crippen molar-refractivity contribution in [3.8, 4) is 11.5 Å². The zero-order valence-corrected chi connectivity index (χ0v) is 29.5. The van der Waals surface area contributed by atoms with Crippen LogP contribution in [0.1, 0.15) is 46.6 Å². The molecule has 3 aromatic carbocycles. The van der Waals surface area contributed by atoms with Gasteiger partial charge < -0.3 is 19.0 Å². The number of ketones is 1. The molecule has 1 amide bonds. The van der Waals surface area contributed by atoms with Gasteiger partial charge >= 0.3 is 5.91 Å². The third-order valence-corrected chi connectivity index (χ3v) is 10.6. The Kier molecular flexibility index (Phi) is 9.56. The van der Waals surface area contributed by atoms with Gasteiger partial charge in [-0.15, -0.1) is 10.2 Å². The van der Waals surface area contributed by atoms with Crippen LogP contribution >= 0.6 is 23.1 Å². The van der Waals surface area contributed by atoms with Crippen LogP contribution in [-0.4, -0.2) is 43.0 Å². The molecule has 6 aromatic rings. The van der Waals surface area contributed by atoms with E-state index < -0.39 is 23.5 Å². The summed E-state index contributed by atoms with van der Waals surface area (Å²) in [6, 6.07) is 24.0. The fraction of sp³-hybridized carbons (Fsp3) is 0.184. The molecule has 1 aliphatic rings. The second-order valence-electron chi connectivity index (χ2n) is 11.7. The number of benzene rings is 3. The molecule has 0 saturated carbocycles. The zero-order chi connectivity index (χ0) is 35.6. The van der Waals surface area contributed by atoms with Gasteiger partial charge in [-0.3, -0.25) is 14.5 Å². The quantitative estimate of drug-likeness (QED) is 0.0469. The highest BCUT2D eigenvalue weighted by molar-refractivity contribution is 8.00. The maximum Gasteiger partial charge on any atom is 0.301 e. The number of thioether (sulfide) groups is 1. The number of fused-ring (bicyclic) bond motifs is 1. The van der Waals surface area contributed by atoms with Gasteiger partial charge in [-0.1, -0.05) is 83.8 Å². The van der Waals surface area contributed by atoms with Crippen LogP contribution in [0.3, 0.4) is 0 Å². The van der Waals surface area contributed by atoms with Gasteiger partial charge in [0.25, 0.3) is 5.78 Å². The topological polar surface area (TPSA) is 119 Å². The van der Waals surface area contributed by atoms with Crippen LogP contribution in [0.2, 0.25) is 0 Å². The number of hydrogen-bond acceptors (Lipinski definition) is 10. The lowest BCUT2D eigenvalue weighted by atomic mass is 9.96. The molecule has 7 rings (SSSR count). The van der Waals surface area contributed by atoms with Gasteiger partial charge in [-0.05, 0) is 67.3 Å². The summed E-state index contributed by atoms with van der Waals surface area (Å²) in [5.41, 5.74) is 4.04. The summed E-state index contributed by atoms with van der Waals surface area (Å²) >= 11 is 2.35. The first kappa shape index (κ1) is 33.9. The van der Waals surface area contributed by atoms with Crippen LogP contribution in [-0.2, 0) is 21.9 Å². The Hall–Kier alpha value is -5.53. The van der Waals surface area contributed by atoms with E-state index in [0.717, 1.165) is 22.5 Å². The largest absolute Gasteiger partial charge is 0.505 e. The van der Waals surface area contributed by atoms with E-state index >= 15 is 0 Å². The Labute approximate surface area is 301 Å². The van der Waals surface area contributed by atoms with Crippen molar-refractivity contribution in [3.63, 3.8) is 0 Å². The fourth-order valence-corrected chi connectivity index (χ4v) is 7.80. The van der Waals surface area contributed by atoms with E-state index in [9.17, 15) is 19.1 Å². The standard InChI is InChI=1S/C38H32FN5O5S2/c1-4-48-29-19-25(16-17-28(29)49-20-24-12-6-5-7-13-24)32-30(33(45)31-23(3)43-18-10-11-22(2)35(43)40-31)34(46)36(47)44(32)37-41-42-38(51-37)50-21-26-14-8-9-15-27(26)39/h5-19,32,45H,4,20-21H2,1-3H3. The van der Waals surface area contributed by atoms with Gasteiger partial charge in [0, 0.05) is 11.9 Å². The monoisotopic (exact) mass is 721 g/mol. The molecule has 1 unspecified atom stereocenters. The molecule has 51 heavy (non-hydrogen) atoms. The summed E-state index contributed by atoms with van der Waals surface area (Å²) in [5.74, 6) is -1.38. The Morgan fingerprint density at radius 3 is 2.51 bits per heavy atom. The number of aromatic nitrogens is 4. The molecular weight excluding hydrogens is 690 g/mol. The number of carbonyl (C=O) groups is 2. The number of halogens is 1. The lowest BCUT2D eigenvalue weighted by molar-refractivity contribution is -0.132. The number of aliphatic hydroxyl groups is 1. The molecule has 0 bridgehead atoms. The van der Waals surface area contributed by atoms with Gasteiger partial charge in [0.15, 0.2) is 21.6 Å². The van der Waals surface area contributed by atoms with Crippen molar-refractivity contribution in [1.82, 2.24) is 19.6 Å². The number of rotatable bonds is 11. The lowest BCUT2D eigenvalue weighted by Gasteiger charge is -2.23. The van der Waals surface area contributed by atoms with Crippen LogP contribution in [0.25, 0.3) is 11.4 Å². The maximum absolute atomic E-state index is 14.3. The van der Waals surface area contributed by atoms with E-state index in [-0.39, 0.29) is 28.0 Å². The van der Waals surface area contributed by atoms with Crippen molar-refractivity contribution >= 4 is 51.3 Å². The molecule has 1 N–H and O–H groups in total. The molecule has 1 aliphatic heterocycles. The first-order valence-corrected chi connectivity index (χ1v) is 17.9. The van der Waals surface area contributed by atoms with Gasteiger partial charge in [0.2, 0.25) is 5.13 Å². The summed E-state index contributed by atoms with van der Waals surface area (Å²) in [6.45, 7) is 6.15. The predicted molar refractivity (Wildman–Crippen MR) is 194 cm³/mol. The first-order valence-electron chi connectivity index (χ1n) is 16.1. The number of ether oxygens (including phenoxy) is 2. The van der Waals surface area contributed by atoms with E-state index in [1.54, 1.807) is 43.3 Å². The highest BCUT2D eigenvalue weighted by atomic mass is 32.2. The minimum Gasteiger partial charge on any atom is -0.505 e. The van der Waals surface area contributed by atoms with Crippen molar-refractivity contribution in [3.05, 3.63) is 136 Å². The molecule has 258 valence electrons. The van der Waals surface area contributed by atoms with Crippen molar-refractivity contribution in [1.29, 1.82) is 0 Å². The first-order chi connectivity index (χ1) is 24.7. The summed E-state index contributed by atoms with van der Waals surface area (Å²) in [6.07, 6.45) is 1.82. The van der Waals surface area contributed by atoms with E-state index in [1.165, 1.54) is 22.7 Å². The molecule has 1 fully saturated rings. The summed E-state index contributed by atoms with van der Waals surface area (Å²) < 4.78 is 28.7. The number of imidazole rings is 1. The highest BCUT2D eigenvalue weighted by Crippen LogP contribution is 2.46. The van der Waals surface area contributed by atoms with Gasteiger partial charge in [-0.2, -0.15) is 0 Å². The van der Waals surface area contributed by atoms with E-state index in [0.29, 0.717) is 51.5 Å².